The van der Waals surface area contributed by atoms with Gasteiger partial charge in [-0.05, 0) is 19.3 Å². The van der Waals surface area contributed by atoms with Gasteiger partial charge < -0.3 is 14.4 Å². The molecule has 0 aliphatic heterocycles. The Bertz CT molecular complexity index is 197. The number of hydrogen-bond acceptors (Lipinski definition) is 2. The van der Waals surface area contributed by atoms with E-state index in [1.165, 1.54) is 51.5 Å². The molecule has 0 radical (unpaired) electrons. The number of rotatable bonds is 10. The van der Waals surface area contributed by atoms with Gasteiger partial charge in [0.1, 0.15) is 0 Å². The zero-order valence-electron chi connectivity index (χ0n) is 13.8. The molecule has 0 aliphatic carbocycles. The lowest BCUT2D eigenvalue weighted by Gasteiger charge is -2.23. The van der Waals surface area contributed by atoms with Gasteiger partial charge in [-0.15, -0.1) is 0 Å². The molecule has 0 aliphatic rings. The van der Waals surface area contributed by atoms with Crippen molar-refractivity contribution >= 4 is 5.97 Å². The molecular formula is C16H35NO2. The van der Waals surface area contributed by atoms with Crippen molar-refractivity contribution in [1.82, 2.24) is 0 Å². The Kier molecular flexibility index (Phi) is 15.1. The number of carbonyl (C=O) groups is 1. The first-order chi connectivity index (χ1) is 8.83. The van der Waals surface area contributed by atoms with Gasteiger partial charge in [-0.2, -0.15) is 0 Å². The predicted molar refractivity (Wildman–Crippen MR) is 80.8 cm³/mol. The summed E-state index contributed by atoms with van der Waals surface area (Å²) in [5.74, 6) is -0.961. The van der Waals surface area contributed by atoms with Gasteiger partial charge in [0.2, 0.25) is 0 Å². The second kappa shape index (κ2) is 13.9. The molecule has 0 atom stereocenters. The summed E-state index contributed by atoms with van der Waals surface area (Å²) in [6, 6.07) is 0. The third-order valence-corrected chi connectivity index (χ3v) is 2.89. The third-order valence-electron chi connectivity index (χ3n) is 2.89. The van der Waals surface area contributed by atoms with E-state index in [9.17, 15) is 9.90 Å². The van der Waals surface area contributed by atoms with Crippen LogP contribution in [0.5, 0.6) is 0 Å². The first kappa shape index (κ1) is 20.7. The van der Waals surface area contributed by atoms with Crippen molar-refractivity contribution in [2.24, 2.45) is 0 Å². The van der Waals surface area contributed by atoms with E-state index in [1.54, 1.807) is 6.92 Å². The van der Waals surface area contributed by atoms with Crippen molar-refractivity contribution < 1.29 is 14.4 Å². The topological polar surface area (TPSA) is 40.1 Å². The molecule has 0 N–H and O–H groups in total. The van der Waals surface area contributed by atoms with Crippen LogP contribution < -0.4 is 5.11 Å². The average Bonchev–Trinajstić information content (AvgIpc) is 2.27. The van der Waals surface area contributed by atoms with Crippen molar-refractivity contribution in [3.8, 4) is 0 Å². The smallest absolute Gasteiger partial charge is 0.0780 e. The molecule has 19 heavy (non-hydrogen) atoms. The predicted octanol–water partition coefficient (Wildman–Crippen LogP) is 2.98. The van der Waals surface area contributed by atoms with Crippen LogP contribution in [0.15, 0.2) is 0 Å². The van der Waals surface area contributed by atoms with E-state index >= 15 is 0 Å². The summed E-state index contributed by atoms with van der Waals surface area (Å²) in [5.41, 5.74) is 0. The summed E-state index contributed by atoms with van der Waals surface area (Å²) in [7, 11) is 6.82. The van der Waals surface area contributed by atoms with Gasteiger partial charge in [-0.3, -0.25) is 0 Å². The first-order valence-electron chi connectivity index (χ1n) is 7.83. The molecule has 0 amide bonds. The van der Waals surface area contributed by atoms with Crippen LogP contribution in [0.3, 0.4) is 0 Å². The molecule has 0 aromatic heterocycles. The van der Waals surface area contributed by atoms with Gasteiger partial charge in [-0.25, -0.2) is 0 Å². The largest absolute Gasteiger partial charge is 0.550 e. The van der Waals surface area contributed by atoms with E-state index in [-0.39, 0.29) is 6.42 Å². The van der Waals surface area contributed by atoms with Gasteiger partial charge in [0.25, 0.3) is 0 Å². The third kappa shape index (κ3) is 26.9. The number of carbonyl (C=O) groups excluding carboxylic acids is 1. The molecule has 0 aromatic carbocycles. The minimum atomic E-state index is -0.961. The molecule has 116 valence electrons. The van der Waals surface area contributed by atoms with E-state index in [0.717, 1.165) is 4.48 Å². The Balaban J connectivity index is 0. The number of hydrogen-bond donors (Lipinski definition) is 0. The summed E-state index contributed by atoms with van der Waals surface area (Å²) >= 11 is 0. The van der Waals surface area contributed by atoms with Crippen molar-refractivity contribution in [1.29, 1.82) is 0 Å². The minimum Gasteiger partial charge on any atom is -0.550 e. The van der Waals surface area contributed by atoms with Crippen LogP contribution in [0.2, 0.25) is 0 Å². The molecule has 3 nitrogen and oxygen atoms in total. The number of carboxylic acid groups (broad SMARTS) is 1. The number of quaternary nitrogens is 1. The molecule has 3 heteroatoms. The molecule has 0 unspecified atom stereocenters. The van der Waals surface area contributed by atoms with Crippen LogP contribution in [0.1, 0.15) is 71.6 Å². The summed E-state index contributed by atoms with van der Waals surface area (Å²) < 4.78 is 1.12. The standard InChI is InChI=1S/C12H28N.C4H8O2/c1-5-6-7-8-9-10-11-12-13(2,3)4;1-2-3-4(5)6/h5-12H2,1-4H3;2-3H2,1H3,(H,5,6)/q+1;/p-1. The molecule has 0 aromatic rings. The van der Waals surface area contributed by atoms with Crippen LogP contribution in [0, 0.1) is 0 Å². The van der Waals surface area contributed by atoms with Crippen LogP contribution in [-0.4, -0.2) is 38.1 Å². The van der Waals surface area contributed by atoms with Gasteiger partial charge in [0.15, 0.2) is 0 Å². The fourth-order valence-electron chi connectivity index (χ4n) is 1.75. The highest BCUT2D eigenvalue weighted by molar-refractivity contribution is 5.63. The summed E-state index contributed by atoms with van der Waals surface area (Å²) in [6.45, 7) is 5.40. The molecule has 0 rings (SSSR count). The van der Waals surface area contributed by atoms with Crippen LogP contribution in [0.4, 0.5) is 0 Å². The van der Waals surface area contributed by atoms with Crippen molar-refractivity contribution in [2.45, 2.75) is 71.6 Å². The molecule has 0 saturated heterocycles. The Morgan fingerprint density at radius 3 is 1.63 bits per heavy atom. The van der Waals surface area contributed by atoms with Gasteiger partial charge in [0, 0.05) is 5.97 Å². The van der Waals surface area contributed by atoms with Crippen molar-refractivity contribution in [2.75, 3.05) is 27.7 Å². The summed E-state index contributed by atoms with van der Waals surface area (Å²) in [5, 5.41) is 9.49. The molecule has 0 bridgehead atoms. The lowest BCUT2D eigenvalue weighted by atomic mass is 10.1. The maximum atomic E-state index is 9.49. The molecule has 0 fully saturated rings. The second-order valence-corrected chi connectivity index (χ2v) is 6.26. The second-order valence-electron chi connectivity index (χ2n) is 6.26. The number of aliphatic carboxylic acids is 1. The monoisotopic (exact) mass is 273 g/mol. The van der Waals surface area contributed by atoms with E-state index in [1.807, 2.05) is 0 Å². The first-order valence-corrected chi connectivity index (χ1v) is 7.83. The fraction of sp³-hybridized carbons (Fsp3) is 0.938. The lowest BCUT2D eigenvalue weighted by Crippen LogP contribution is -2.35. The number of unbranched alkanes of at least 4 members (excludes halogenated alkanes) is 6. The van der Waals surface area contributed by atoms with Crippen LogP contribution in [-0.2, 0) is 4.79 Å². The fourth-order valence-corrected chi connectivity index (χ4v) is 1.75. The van der Waals surface area contributed by atoms with Gasteiger partial charge in [-0.1, -0.05) is 52.4 Å². The Labute approximate surface area is 120 Å². The number of carboxylic acids is 1. The maximum absolute atomic E-state index is 9.49. The zero-order valence-corrected chi connectivity index (χ0v) is 13.8. The van der Waals surface area contributed by atoms with Crippen molar-refractivity contribution in [3.63, 3.8) is 0 Å². The number of nitrogens with zero attached hydrogens (tertiary/aromatic N) is 1. The van der Waals surface area contributed by atoms with Crippen LogP contribution in [0.25, 0.3) is 0 Å². The maximum Gasteiger partial charge on any atom is 0.0780 e. The van der Waals surface area contributed by atoms with Gasteiger partial charge >= 0.3 is 0 Å². The van der Waals surface area contributed by atoms with Crippen LogP contribution >= 0.6 is 0 Å². The Morgan fingerprint density at radius 1 is 0.842 bits per heavy atom. The molecule has 0 saturated carbocycles. The highest BCUT2D eigenvalue weighted by Gasteiger charge is 2.04. The molecule has 0 heterocycles. The van der Waals surface area contributed by atoms with E-state index in [4.69, 9.17) is 0 Å². The highest BCUT2D eigenvalue weighted by atomic mass is 16.4. The average molecular weight is 273 g/mol. The summed E-state index contributed by atoms with van der Waals surface area (Å²) in [4.78, 5) is 9.49. The molecular weight excluding hydrogens is 238 g/mol. The van der Waals surface area contributed by atoms with Crippen molar-refractivity contribution in [3.05, 3.63) is 0 Å². The van der Waals surface area contributed by atoms with E-state index in [2.05, 4.69) is 28.1 Å². The SMILES string of the molecule is CCCC(=O)[O-].CCCCCCCCC[N+](C)(C)C. The Morgan fingerprint density at radius 2 is 1.32 bits per heavy atom. The quantitative estimate of drug-likeness (QED) is 0.453. The Hall–Kier alpha value is -0.570. The van der Waals surface area contributed by atoms with Gasteiger partial charge in [0.05, 0.1) is 27.7 Å². The highest BCUT2D eigenvalue weighted by Crippen LogP contribution is 2.07. The normalized spacial score (nSPS) is 10.8. The summed E-state index contributed by atoms with van der Waals surface area (Å²) in [6.07, 6.45) is 10.8. The van der Waals surface area contributed by atoms with E-state index < -0.39 is 5.97 Å². The zero-order chi connectivity index (χ0) is 15.1. The lowest BCUT2D eigenvalue weighted by molar-refractivity contribution is -0.870. The molecule has 0 spiro atoms. The van der Waals surface area contributed by atoms with E-state index in [0.29, 0.717) is 6.42 Å². The minimum absolute atomic E-state index is 0.181.